The summed E-state index contributed by atoms with van der Waals surface area (Å²) in [6.07, 6.45) is 0.839. The van der Waals surface area contributed by atoms with Crippen molar-refractivity contribution in [2.24, 2.45) is 0 Å². The molecule has 0 aromatic rings. The minimum absolute atomic E-state index is 0.269. The molecule has 0 aliphatic carbocycles. The maximum Gasteiger partial charge on any atom is 0.0446 e. The van der Waals surface area contributed by atoms with Crippen LogP contribution in [0.15, 0.2) is 0 Å². The molecule has 0 rings (SSSR count). The van der Waals surface area contributed by atoms with Crippen LogP contribution in [-0.2, 0) is 0 Å². The molecule has 0 aromatic carbocycles. The van der Waals surface area contributed by atoms with Crippen molar-refractivity contribution in [2.45, 2.75) is 19.4 Å². The molecule has 0 amide bonds. The fourth-order valence-electron chi connectivity index (χ4n) is 1.14. The molecule has 2 N–H and O–H groups in total. The molecule has 0 heterocycles. The van der Waals surface area contributed by atoms with Crippen LogP contribution in [0.25, 0.3) is 0 Å². The Labute approximate surface area is 69.4 Å². The van der Waals surface area contributed by atoms with E-state index in [1.807, 2.05) is 14.1 Å². The van der Waals surface area contributed by atoms with Gasteiger partial charge in [0.15, 0.2) is 0 Å². The number of aliphatic hydroxyl groups is 1. The van der Waals surface area contributed by atoms with E-state index in [0.29, 0.717) is 6.04 Å². The van der Waals surface area contributed by atoms with E-state index in [4.69, 9.17) is 5.11 Å². The number of rotatable bonds is 6. The topological polar surface area (TPSA) is 35.5 Å². The van der Waals surface area contributed by atoms with E-state index in [0.717, 1.165) is 19.5 Å². The quantitative estimate of drug-likeness (QED) is 0.570. The number of likely N-dealkylation sites (N-methyl/N-ethyl adjacent to an activating group) is 2. The Bertz CT molecular complexity index is 80.2. The molecule has 0 aliphatic rings. The second kappa shape index (κ2) is 6.58. The number of hydrogen-bond acceptors (Lipinski definition) is 3. The van der Waals surface area contributed by atoms with Gasteiger partial charge in [-0.15, -0.1) is 0 Å². The van der Waals surface area contributed by atoms with Gasteiger partial charge in [0.05, 0.1) is 0 Å². The minimum atomic E-state index is 0.269. The van der Waals surface area contributed by atoms with Crippen LogP contribution >= 0.6 is 0 Å². The van der Waals surface area contributed by atoms with E-state index in [-0.39, 0.29) is 6.61 Å². The van der Waals surface area contributed by atoms with Crippen LogP contribution < -0.4 is 5.32 Å². The second-order valence-electron chi connectivity index (χ2n) is 3.03. The van der Waals surface area contributed by atoms with Crippen LogP contribution in [-0.4, -0.2) is 49.8 Å². The highest BCUT2D eigenvalue weighted by Gasteiger charge is 2.06. The first-order chi connectivity index (χ1) is 5.20. The Morgan fingerprint density at radius 1 is 1.45 bits per heavy atom. The summed E-state index contributed by atoms with van der Waals surface area (Å²) in [5, 5.41) is 12.0. The van der Waals surface area contributed by atoms with Crippen molar-refractivity contribution in [3.63, 3.8) is 0 Å². The van der Waals surface area contributed by atoms with Crippen molar-refractivity contribution < 1.29 is 5.11 Å². The standard InChI is InChI=1S/C8H20N2O/c1-4-9-8(5-6-11)7-10(2)3/h8-9,11H,4-7H2,1-3H3. The van der Waals surface area contributed by atoms with Gasteiger partial charge in [0.25, 0.3) is 0 Å². The van der Waals surface area contributed by atoms with Gasteiger partial charge < -0.3 is 15.3 Å². The van der Waals surface area contributed by atoms with E-state index in [1.165, 1.54) is 0 Å². The summed E-state index contributed by atoms with van der Waals surface area (Å²) in [6, 6.07) is 0.431. The highest BCUT2D eigenvalue weighted by atomic mass is 16.3. The van der Waals surface area contributed by atoms with Gasteiger partial charge in [-0.25, -0.2) is 0 Å². The molecule has 1 unspecified atom stereocenters. The lowest BCUT2D eigenvalue weighted by molar-refractivity contribution is 0.243. The molecule has 0 saturated heterocycles. The summed E-state index contributed by atoms with van der Waals surface area (Å²) < 4.78 is 0. The molecular formula is C8H20N2O. The van der Waals surface area contributed by atoms with E-state index >= 15 is 0 Å². The average Bonchev–Trinajstić information content (AvgIpc) is 1.87. The van der Waals surface area contributed by atoms with Gasteiger partial charge in [-0.3, -0.25) is 0 Å². The molecule has 0 fully saturated rings. The van der Waals surface area contributed by atoms with Gasteiger partial charge in [-0.2, -0.15) is 0 Å². The monoisotopic (exact) mass is 160 g/mol. The summed E-state index contributed by atoms with van der Waals surface area (Å²) in [6.45, 7) is 4.32. The first-order valence-electron chi connectivity index (χ1n) is 4.19. The Morgan fingerprint density at radius 3 is 2.45 bits per heavy atom. The van der Waals surface area contributed by atoms with Crippen LogP contribution in [0.5, 0.6) is 0 Å². The zero-order valence-corrected chi connectivity index (χ0v) is 7.80. The molecular weight excluding hydrogens is 140 g/mol. The van der Waals surface area contributed by atoms with Crippen molar-refractivity contribution in [3.8, 4) is 0 Å². The first-order valence-corrected chi connectivity index (χ1v) is 4.19. The number of hydrogen-bond donors (Lipinski definition) is 2. The third-order valence-electron chi connectivity index (χ3n) is 1.56. The Kier molecular flexibility index (Phi) is 6.51. The summed E-state index contributed by atoms with van der Waals surface area (Å²) in [5.74, 6) is 0. The third-order valence-corrected chi connectivity index (χ3v) is 1.56. The number of nitrogens with zero attached hydrogens (tertiary/aromatic N) is 1. The van der Waals surface area contributed by atoms with Crippen LogP contribution in [0, 0.1) is 0 Å². The van der Waals surface area contributed by atoms with Crippen LogP contribution in [0.4, 0.5) is 0 Å². The van der Waals surface area contributed by atoms with Gasteiger partial charge in [-0.05, 0) is 27.1 Å². The zero-order chi connectivity index (χ0) is 8.69. The molecule has 3 nitrogen and oxygen atoms in total. The molecule has 0 spiro atoms. The largest absolute Gasteiger partial charge is 0.396 e. The lowest BCUT2D eigenvalue weighted by Crippen LogP contribution is -2.38. The fourth-order valence-corrected chi connectivity index (χ4v) is 1.14. The van der Waals surface area contributed by atoms with Gasteiger partial charge in [0.1, 0.15) is 0 Å². The van der Waals surface area contributed by atoms with E-state index in [1.54, 1.807) is 0 Å². The average molecular weight is 160 g/mol. The van der Waals surface area contributed by atoms with Crippen LogP contribution in [0.3, 0.4) is 0 Å². The molecule has 0 radical (unpaired) electrons. The van der Waals surface area contributed by atoms with Gasteiger partial charge in [0, 0.05) is 19.2 Å². The van der Waals surface area contributed by atoms with Gasteiger partial charge in [-0.1, -0.05) is 6.92 Å². The summed E-state index contributed by atoms with van der Waals surface area (Å²) >= 11 is 0. The molecule has 0 aliphatic heterocycles. The summed E-state index contributed by atoms with van der Waals surface area (Å²) in [7, 11) is 4.09. The second-order valence-corrected chi connectivity index (χ2v) is 3.03. The Balaban J connectivity index is 3.50. The van der Waals surface area contributed by atoms with Crippen molar-refractivity contribution in [1.29, 1.82) is 0 Å². The summed E-state index contributed by atoms with van der Waals surface area (Å²) in [4.78, 5) is 2.13. The fraction of sp³-hybridized carbons (Fsp3) is 1.00. The highest BCUT2D eigenvalue weighted by molar-refractivity contribution is 4.67. The normalized spacial score (nSPS) is 13.9. The molecule has 3 heteroatoms. The molecule has 68 valence electrons. The van der Waals surface area contributed by atoms with E-state index < -0.39 is 0 Å². The Hall–Kier alpha value is -0.120. The maximum absolute atomic E-state index is 8.72. The highest BCUT2D eigenvalue weighted by Crippen LogP contribution is 1.92. The van der Waals surface area contributed by atoms with Crippen molar-refractivity contribution in [1.82, 2.24) is 10.2 Å². The molecule has 0 bridgehead atoms. The van der Waals surface area contributed by atoms with Gasteiger partial charge in [0.2, 0.25) is 0 Å². The van der Waals surface area contributed by atoms with Crippen molar-refractivity contribution in [3.05, 3.63) is 0 Å². The predicted octanol–water partition coefficient (Wildman–Crippen LogP) is -0.0915. The lowest BCUT2D eigenvalue weighted by atomic mass is 10.2. The number of nitrogens with one attached hydrogen (secondary N) is 1. The van der Waals surface area contributed by atoms with Crippen LogP contribution in [0.1, 0.15) is 13.3 Å². The maximum atomic E-state index is 8.72. The number of aliphatic hydroxyl groups excluding tert-OH is 1. The predicted molar refractivity (Wildman–Crippen MR) is 47.7 cm³/mol. The first kappa shape index (κ1) is 10.9. The van der Waals surface area contributed by atoms with Crippen molar-refractivity contribution >= 4 is 0 Å². The molecule has 1 atom stereocenters. The van der Waals surface area contributed by atoms with E-state index in [9.17, 15) is 0 Å². The lowest BCUT2D eigenvalue weighted by Gasteiger charge is -2.20. The summed E-state index contributed by atoms with van der Waals surface area (Å²) in [5.41, 5.74) is 0. The Morgan fingerprint density at radius 2 is 2.09 bits per heavy atom. The minimum Gasteiger partial charge on any atom is -0.396 e. The smallest absolute Gasteiger partial charge is 0.0446 e. The molecule has 0 saturated carbocycles. The van der Waals surface area contributed by atoms with E-state index in [2.05, 4.69) is 17.1 Å². The van der Waals surface area contributed by atoms with Gasteiger partial charge >= 0.3 is 0 Å². The SMILES string of the molecule is CCNC(CCO)CN(C)C. The zero-order valence-electron chi connectivity index (χ0n) is 7.80. The third kappa shape index (κ3) is 6.28. The van der Waals surface area contributed by atoms with Crippen molar-refractivity contribution in [2.75, 3.05) is 33.8 Å². The molecule has 11 heavy (non-hydrogen) atoms. The van der Waals surface area contributed by atoms with Crippen LogP contribution in [0.2, 0.25) is 0 Å². The molecule has 0 aromatic heterocycles.